The number of hydrogen-bond donors (Lipinski definition) is 1. The van der Waals surface area contributed by atoms with E-state index in [1.54, 1.807) is 6.20 Å². The molecule has 66 valence electrons. The maximum absolute atomic E-state index is 10.6. The Balaban J connectivity index is 2.91. The van der Waals surface area contributed by atoms with Crippen molar-refractivity contribution in [3.05, 3.63) is 26.5 Å². The summed E-state index contributed by atoms with van der Waals surface area (Å²) in [4.78, 5) is 17.6. The summed E-state index contributed by atoms with van der Waals surface area (Å²) in [5.74, 6) is 0. The van der Waals surface area contributed by atoms with Crippen LogP contribution in [-0.2, 0) is 0 Å². The fourth-order valence-electron chi connectivity index (χ4n) is 1.12. The summed E-state index contributed by atoms with van der Waals surface area (Å²) in [6, 6.07) is 0. The minimum absolute atomic E-state index is 0.423. The Hall–Kier alpha value is -0.620. The van der Waals surface area contributed by atoms with Crippen molar-refractivity contribution in [1.29, 1.82) is 0 Å². The number of nitrogens with one attached hydrogen (secondary N) is 1. The van der Waals surface area contributed by atoms with E-state index in [1.807, 2.05) is 0 Å². The van der Waals surface area contributed by atoms with Crippen molar-refractivity contribution in [1.82, 2.24) is 9.97 Å². The van der Waals surface area contributed by atoms with E-state index in [4.69, 9.17) is 11.6 Å². The average Bonchev–Trinajstić information content (AvgIpc) is 2.49. The van der Waals surface area contributed by atoms with E-state index in [0.717, 1.165) is 8.96 Å². The van der Waals surface area contributed by atoms with E-state index in [1.165, 1.54) is 6.20 Å². The number of nitrogens with zero attached hydrogens (tertiary/aromatic N) is 1. The molecule has 0 atom stereocenters. The highest BCUT2D eigenvalue weighted by Crippen LogP contribution is 2.28. The zero-order valence-corrected chi connectivity index (χ0v) is 9.26. The fraction of sp³-hybridized carbons (Fsp3) is 0. The molecule has 1 N–H and O–H groups in total. The number of H-pyrrole nitrogens is 1. The molecule has 0 saturated carbocycles. The number of pyridine rings is 1. The maximum atomic E-state index is 10.6. The Morgan fingerprint density at radius 1 is 1.62 bits per heavy atom. The largest absolute Gasteiger partial charge is 0.345 e. The molecule has 0 radical (unpaired) electrons. The molecule has 0 bridgehead atoms. The first-order valence-electron chi connectivity index (χ1n) is 3.50. The van der Waals surface area contributed by atoms with Crippen molar-refractivity contribution in [2.75, 3.05) is 0 Å². The average molecular weight is 306 g/mol. The lowest BCUT2D eigenvalue weighted by Crippen LogP contribution is -1.86. The molecule has 0 spiro atoms. The number of carbonyl (C=O) groups excluding carboxylic acids is 1. The molecule has 0 aromatic carbocycles. The standard InChI is InChI=1S/C8H4ClIN2O/c9-7-4(3-13)1-11-8-6(7)5(10)2-12-8/h1-3H,(H,11,12). The van der Waals surface area contributed by atoms with Crippen LogP contribution in [0.2, 0.25) is 5.02 Å². The number of fused-ring (bicyclic) bond motifs is 1. The van der Waals surface area contributed by atoms with Gasteiger partial charge in [-0.1, -0.05) is 11.6 Å². The molecule has 2 rings (SSSR count). The molecule has 0 aliphatic heterocycles. The Kier molecular flexibility index (Phi) is 2.25. The molecule has 0 unspecified atom stereocenters. The second-order valence-electron chi connectivity index (χ2n) is 2.51. The van der Waals surface area contributed by atoms with Crippen LogP contribution >= 0.6 is 34.2 Å². The number of carbonyl (C=O) groups is 1. The van der Waals surface area contributed by atoms with E-state index in [2.05, 4.69) is 32.6 Å². The highest BCUT2D eigenvalue weighted by atomic mass is 127. The minimum Gasteiger partial charge on any atom is -0.345 e. The zero-order valence-electron chi connectivity index (χ0n) is 6.34. The van der Waals surface area contributed by atoms with Crippen LogP contribution in [0.15, 0.2) is 12.4 Å². The van der Waals surface area contributed by atoms with E-state index in [-0.39, 0.29) is 0 Å². The molecule has 0 aliphatic rings. The lowest BCUT2D eigenvalue weighted by Gasteiger charge is -1.97. The topological polar surface area (TPSA) is 45.8 Å². The van der Waals surface area contributed by atoms with E-state index < -0.39 is 0 Å². The van der Waals surface area contributed by atoms with Crippen molar-refractivity contribution in [2.24, 2.45) is 0 Å². The number of rotatable bonds is 1. The third-order valence-corrected chi connectivity index (χ3v) is 3.00. The predicted octanol–water partition coefficient (Wildman–Crippen LogP) is 2.63. The van der Waals surface area contributed by atoms with Gasteiger partial charge in [-0.25, -0.2) is 4.98 Å². The van der Waals surface area contributed by atoms with Crippen LogP contribution in [0.1, 0.15) is 10.4 Å². The van der Waals surface area contributed by atoms with Crippen LogP contribution in [-0.4, -0.2) is 16.3 Å². The first kappa shape index (κ1) is 8.96. The van der Waals surface area contributed by atoms with E-state index >= 15 is 0 Å². The van der Waals surface area contributed by atoms with E-state index in [0.29, 0.717) is 22.5 Å². The summed E-state index contributed by atoms with van der Waals surface area (Å²) in [5, 5.41) is 1.28. The summed E-state index contributed by atoms with van der Waals surface area (Å²) < 4.78 is 0.966. The second kappa shape index (κ2) is 3.26. The van der Waals surface area contributed by atoms with Crippen LogP contribution in [0.3, 0.4) is 0 Å². The molecule has 13 heavy (non-hydrogen) atoms. The summed E-state index contributed by atoms with van der Waals surface area (Å²) in [6.45, 7) is 0. The van der Waals surface area contributed by atoms with Crippen LogP contribution < -0.4 is 0 Å². The van der Waals surface area contributed by atoms with E-state index in [9.17, 15) is 4.79 Å². The van der Waals surface area contributed by atoms with Gasteiger partial charge in [0.25, 0.3) is 0 Å². The fourth-order valence-corrected chi connectivity index (χ4v) is 2.24. The van der Waals surface area contributed by atoms with Crippen LogP contribution in [0.5, 0.6) is 0 Å². The van der Waals surface area contributed by atoms with Crippen LogP contribution in [0, 0.1) is 3.57 Å². The SMILES string of the molecule is O=Cc1cnc2[nH]cc(I)c2c1Cl. The van der Waals surface area contributed by atoms with Crippen molar-refractivity contribution >= 4 is 51.5 Å². The maximum Gasteiger partial charge on any atom is 0.153 e. The first-order chi connectivity index (χ1) is 6.24. The van der Waals surface area contributed by atoms with Gasteiger partial charge in [-0.05, 0) is 22.6 Å². The van der Waals surface area contributed by atoms with Crippen molar-refractivity contribution in [3.8, 4) is 0 Å². The van der Waals surface area contributed by atoms with Gasteiger partial charge in [-0.15, -0.1) is 0 Å². The van der Waals surface area contributed by atoms with Gasteiger partial charge in [0.1, 0.15) is 5.65 Å². The predicted molar refractivity (Wildman–Crippen MR) is 59.2 cm³/mol. The number of aromatic amines is 1. The zero-order chi connectivity index (χ0) is 9.42. The highest BCUT2D eigenvalue weighted by molar-refractivity contribution is 14.1. The van der Waals surface area contributed by atoms with Crippen molar-refractivity contribution < 1.29 is 4.79 Å². The van der Waals surface area contributed by atoms with Crippen molar-refractivity contribution in [2.45, 2.75) is 0 Å². The third kappa shape index (κ3) is 1.34. The molecule has 2 aromatic rings. The lowest BCUT2D eigenvalue weighted by atomic mass is 10.2. The Morgan fingerprint density at radius 2 is 2.38 bits per heavy atom. The molecule has 0 fully saturated rings. The molecule has 2 heterocycles. The second-order valence-corrected chi connectivity index (χ2v) is 4.05. The Morgan fingerprint density at radius 3 is 3.08 bits per heavy atom. The smallest absolute Gasteiger partial charge is 0.153 e. The minimum atomic E-state index is 0.423. The molecule has 0 amide bonds. The number of halogens is 2. The summed E-state index contributed by atoms with van der Waals surface area (Å²) in [6.07, 6.45) is 3.97. The molecule has 0 aliphatic carbocycles. The van der Waals surface area contributed by atoms with Gasteiger partial charge in [0.05, 0.1) is 16.0 Å². The van der Waals surface area contributed by atoms with Gasteiger partial charge in [0.2, 0.25) is 0 Å². The van der Waals surface area contributed by atoms with Gasteiger partial charge in [-0.3, -0.25) is 4.79 Å². The monoisotopic (exact) mass is 306 g/mol. The van der Waals surface area contributed by atoms with Crippen LogP contribution in [0.4, 0.5) is 0 Å². The molecule has 3 nitrogen and oxygen atoms in total. The molecule has 2 aromatic heterocycles. The highest BCUT2D eigenvalue weighted by Gasteiger charge is 2.10. The lowest BCUT2D eigenvalue weighted by molar-refractivity contribution is 0.112. The van der Waals surface area contributed by atoms with Gasteiger partial charge >= 0.3 is 0 Å². The van der Waals surface area contributed by atoms with Crippen LogP contribution in [0.25, 0.3) is 11.0 Å². The normalized spacial score (nSPS) is 10.6. The van der Waals surface area contributed by atoms with Gasteiger partial charge in [0, 0.05) is 16.0 Å². The summed E-state index contributed by atoms with van der Waals surface area (Å²) in [7, 11) is 0. The summed E-state index contributed by atoms with van der Waals surface area (Å²) in [5.41, 5.74) is 1.13. The Labute approximate surface area is 92.6 Å². The molecule has 5 heteroatoms. The molecular weight excluding hydrogens is 302 g/mol. The summed E-state index contributed by atoms with van der Waals surface area (Å²) >= 11 is 8.13. The number of aldehydes is 1. The van der Waals surface area contributed by atoms with Gasteiger partial charge < -0.3 is 4.98 Å². The number of hydrogen-bond acceptors (Lipinski definition) is 2. The Bertz CT molecular complexity index is 480. The molecular formula is C8H4ClIN2O. The molecule has 0 saturated heterocycles. The quantitative estimate of drug-likeness (QED) is 0.650. The first-order valence-corrected chi connectivity index (χ1v) is 4.96. The van der Waals surface area contributed by atoms with Gasteiger partial charge in [-0.2, -0.15) is 0 Å². The van der Waals surface area contributed by atoms with Crippen molar-refractivity contribution in [3.63, 3.8) is 0 Å². The number of aromatic nitrogens is 2. The third-order valence-electron chi connectivity index (χ3n) is 1.74. The van der Waals surface area contributed by atoms with Gasteiger partial charge in [0.15, 0.2) is 6.29 Å².